The second kappa shape index (κ2) is 8.09. The van der Waals surface area contributed by atoms with Gasteiger partial charge >= 0.3 is 5.97 Å². The summed E-state index contributed by atoms with van der Waals surface area (Å²) in [7, 11) is 0. The molecule has 1 fully saturated rings. The van der Waals surface area contributed by atoms with Crippen molar-refractivity contribution in [3.8, 4) is 0 Å². The van der Waals surface area contributed by atoms with E-state index >= 15 is 0 Å². The Morgan fingerprint density at radius 3 is 2.73 bits per heavy atom. The smallest absolute Gasteiger partial charge is 0.374 e. The molecule has 9 nitrogen and oxygen atoms in total. The maximum absolute atomic E-state index is 11.6. The molecule has 1 N–H and O–H groups in total. The van der Waals surface area contributed by atoms with Gasteiger partial charge < -0.3 is 19.3 Å². The Balaban J connectivity index is 2.66. The van der Waals surface area contributed by atoms with Crippen molar-refractivity contribution < 1.29 is 28.9 Å². The number of ether oxygens (including phenoxy) is 3. The van der Waals surface area contributed by atoms with Crippen molar-refractivity contribution in [2.75, 3.05) is 13.2 Å². The second-order valence-electron chi connectivity index (χ2n) is 5.30. The predicted molar refractivity (Wildman–Crippen MR) is 74.7 cm³/mol. The van der Waals surface area contributed by atoms with E-state index in [-0.39, 0.29) is 13.2 Å². The number of Topliss-reactive ketones (excluding diaryl/α,β-unsaturated/α-hetero) is 1. The van der Waals surface area contributed by atoms with Gasteiger partial charge in [0.25, 0.3) is 0 Å². The van der Waals surface area contributed by atoms with E-state index in [0.29, 0.717) is 6.42 Å². The SMILES string of the molecule is CCOC(=O)C(=O)C[C@@H](O)[C@H]1OC(C)(C)O[C@@H]1CCN=[N+]=[N-]. The lowest BCUT2D eigenvalue weighted by Gasteiger charge is -2.21. The van der Waals surface area contributed by atoms with Crippen molar-refractivity contribution in [2.24, 2.45) is 5.11 Å². The molecule has 1 heterocycles. The van der Waals surface area contributed by atoms with Crippen LogP contribution in [0.5, 0.6) is 0 Å². The molecule has 0 amide bonds. The van der Waals surface area contributed by atoms with Crippen molar-refractivity contribution in [3.63, 3.8) is 0 Å². The van der Waals surface area contributed by atoms with Crippen LogP contribution in [0.15, 0.2) is 5.11 Å². The fourth-order valence-corrected chi connectivity index (χ4v) is 2.24. The lowest BCUT2D eigenvalue weighted by atomic mass is 10.0. The number of aliphatic hydroxyl groups is 1. The largest absolute Gasteiger partial charge is 0.460 e. The zero-order valence-electron chi connectivity index (χ0n) is 12.9. The van der Waals surface area contributed by atoms with E-state index in [4.69, 9.17) is 15.0 Å². The van der Waals surface area contributed by atoms with Crippen molar-refractivity contribution >= 4 is 11.8 Å². The fraction of sp³-hybridized carbons (Fsp3) is 0.846. The summed E-state index contributed by atoms with van der Waals surface area (Å²) in [5, 5.41) is 13.6. The van der Waals surface area contributed by atoms with Gasteiger partial charge in [0.2, 0.25) is 5.78 Å². The molecule has 1 aliphatic heterocycles. The van der Waals surface area contributed by atoms with Gasteiger partial charge in [0.05, 0.1) is 18.8 Å². The summed E-state index contributed by atoms with van der Waals surface area (Å²) >= 11 is 0. The molecule has 0 aliphatic carbocycles. The molecule has 1 rings (SSSR count). The van der Waals surface area contributed by atoms with Crippen LogP contribution in [0, 0.1) is 0 Å². The molecule has 3 atom stereocenters. The number of esters is 1. The molecule has 124 valence electrons. The maximum Gasteiger partial charge on any atom is 0.374 e. The Bertz CT molecular complexity index is 461. The number of carbonyl (C=O) groups is 2. The summed E-state index contributed by atoms with van der Waals surface area (Å²) in [5.74, 6) is -2.73. The first-order valence-corrected chi connectivity index (χ1v) is 7.05. The molecule has 0 unspecified atom stereocenters. The van der Waals surface area contributed by atoms with Crippen molar-refractivity contribution in [3.05, 3.63) is 10.4 Å². The summed E-state index contributed by atoms with van der Waals surface area (Å²) in [4.78, 5) is 25.6. The van der Waals surface area contributed by atoms with Crippen LogP contribution in [0.2, 0.25) is 0 Å². The van der Waals surface area contributed by atoms with Gasteiger partial charge in [0.1, 0.15) is 6.10 Å². The van der Waals surface area contributed by atoms with Crippen LogP contribution in [0.25, 0.3) is 10.4 Å². The lowest BCUT2D eigenvalue weighted by Crippen LogP contribution is -2.38. The summed E-state index contributed by atoms with van der Waals surface area (Å²) in [6.07, 6.45) is -2.62. The zero-order valence-corrected chi connectivity index (χ0v) is 12.9. The van der Waals surface area contributed by atoms with Crippen LogP contribution in [-0.2, 0) is 23.8 Å². The molecule has 0 aromatic rings. The van der Waals surface area contributed by atoms with E-state index in [1.807, 2.05) is 0 Å². The average Bonchev–Trinajstić information content (AvgIpc) is 2.74. The molecule has 0 bridgehead atoms. The highest BCUT2D eigenvalue weighted by molar-refractivity contribution is 6.33. The number of ketones is 1. The molecular formula is C13H21N3O6. The van der Waals surface area contributed by atoms with E-state index in [0.717, 1.165) is 0 Å². The molecule has 22 heavy (non-hydrogen) atoms. The third-order valence-corrected chi connectivity index (χ3v) is 3.08. The third kappa shape index (κ3) is 5.27. The van der Waals surface area contributed by atoms with Gasteiger partial charge in [-0.05, 0) is 32.7 Å². The third-order valence-electron chi connectivity index (χ3n) is 3.08. The Morgan fingerprint density at radius 1 is 1.45 bits per heavy atom. The van der Waals surface area contributed by atoms with Crippen molar-refractivity contribution in [1.82, 2.24) is 0 Å². The molecule has 0 aromatic carbocycles. The molecule has 0 radical (unpaired) electrons. The first-order valence-electron chi connectivity index (χ1n) is 7.05. The molecule has 9 heteroatoms. The van der Waals surface area contributed by atoms with Crippen LogP contribution in [-0.4, -0.2) is 54.1 Å². The number of hydrogen-bond donors (Lipinski definition) is 1. The van der Waals surface area contributed by atoms with E-state index in [1.54, 1.807) is 20.8 Å². The number of azide groups is 1. The highest BCUT2D eigenvalue weighted by Crippen LogP contribution is 2.32. The Morgan fingerprint density at radius 2 is 2.14 bits per heavy atom. The van der Waals surface area contributed by atoms with Crippen LogP contribution in [0.3, 0.4) is 0 Å². The molecular weight excluding hydrogens is 294 g/mol. The molecule has 1 saturated heterocycles. The molecule has 0 saturated carbocycles. The van der Waals surface area contributed by atoms with Crippen molar-refractivity contribution in [1.29, 1.82) is 0 Å². The monoisotopic (exact) mass is 315 g/mol. The maximum atomic E-state index is 11.6. The summed E-state index contributed by atoms with van der Waals surface area (Å²) < 4.78 is 15.8. The first-order chi connectivity index (χ1) is 10.3. The van der Waals surface area contributed by atoms with Gasteiger partial charge in [-0.2, -0.15) is 0 Å². The van der Waals surface area contributed by atoms with E-state index in [2.05, 4.69) is 14.8 Å². The van der Waals surface area contributed by atoms with Crippen LogP contribution < -0.4 is 0 Å². The number of rotatable bonds is 8. The first kappa shape index (κ1) is 18.4. The summed E-state index contributed by atoms with van der Waals surface area (Å²) in [6, 6.07) is 0. The van der Waals surface area contributed by atoms with Gasteiger partial charge in [0.15, 0.2) is 5.79 Å². The minimum atomic E-state index is -1.21. The van der Waals surface area contributed by atoms with E-state index in [9.17, 15) is 14.7 Å². The van der Waals surface area contributed by atoms with Gasteiger partial charge in [-0.15, -0.1) is 0 Å². The van der Waals surface area contributed by atoms with E-state index in [1.165, 1.54) is 0 Å². The Labute approximate surface area is 128 Å². The summed E-state index contributed by atoms with van der Waals surface area (Å²) in [5.41, 5.74) is 8.29. The molecule has 1 aliphatic rings. The van der Waals surface area contributed by atoms with Gasteiger partial charge in [0, 0.05) is 17.9 Å². The Hall–Kier alpha value is -1.67. The van der Waals surface area contributed by atoms with Crippen LogP contribution in [0.1, 0.15) is 33.6 Å². The fourth-order valence-electron chi connectivity index (χ4n) is 2.24. The van der Waals surface area contributed by atoms with Crippen LogP contribution >= 0.6 is 0 Å². The average molecular weight is 315 g/mol. The second-order valence-corrected chi connectivity index (χ2v) is 5.30. The number of hydrogen-bond acceptors (Lipinski definition) is 7. The van der Waals surface area contributed by atoms with Gasteiger partial charge in [-0.25, -0.2) is 4.79 Å². The standard InChI is InChI=1S/C13H21N3O6/c1-4-20-12(19)9(18)7-8(17)11-10(5-6-15-16-14)21-13(2,3)22-11/h8,10-11,17H,4-7H2,1-3H3/t8-,10-,11-/m1/s1. The topological polar surface area (TPSA) is 131 Å². The highest BCUT2D eigenvalue weighted by atomic mass is 16.8. The zero-order chi connectivity index (χ0) is 16.8. The number of carbonyl (C=O) groups excluding carboxylic acids is 2. The van der Waals surface area contributed by atoms with Crippen molar-refractivity contribution in [2.45, 2.75) is 57.7 Å². The minimum Gasteiger partial charge on any atom is -0.460 e. The van der Waals surface area contributed by atoms with Crippen LogP contribution in [0.4, 0.5) is 0 Å². The highest BCUT2D eigenvalue weighted by Gasteiger charge is 2.45. The summed E-state index contributed by atoms with van der Waals surface area (Å²) in [6.45, 7) is 5.20. The molecule has 0 spiro atoms. The Kier molecular flexibility index (Phi) is 6.76. The quantitative estimate of drug-likeness (QED) is 0.234. The normalized spacial score (nSPS) is 24.4. The number of aliphatic hydroxyl groups excluding tert-OH is 1. The minimum absolute atomic E-state index is 0.0888. The lowest BCUT2D eigenvalue weighted by molar-refractivity contribution is -0.160. The molecule has 0 aromatic heterocycles. The van der Waals surface area contributed by atoms with Gasteiger partial charge in [-0.1, -0.05) is 5.11 Å². The van der Waals surface area contributed by atoms with Gasteiger partial charge in [-0.3, -0.25) is 4.79 Å². The number of nitrogens with zero attached hydrogens (tertiary/aromatic N) is 3. The predicted octanol–water partition coefficient (Wildman–Crippen LogP) is 1.09. The van der Waals surface area contributed by atoms with E-state index < -0.39 is 42.3 Å².